The van der Waals surface area contributed by atoms with Crippen molar-refractivity contribution in [2.75, 3.05) is 13.2 Å². The fourth-order valence-electron chi connectivity index (χ4n) is 5.10. The largest absolute Gasteiger partial charge is 0.544 e. The first-order valence-electron chi connectivity index (χ1n) is 14.8. The number of nitro groups is 1. The molecule has 4 unspecified atom stereocenters. The fourth-order valence-corrected chi connectivity index (χ4v) is 5.10. The van der Waals surface area contributed by atoms with Crippen LogP contribution in [0.1, 0.15) is 27.2 Å². The fraction of sp³-hybridized carbons (Fsp3) is 0.643. The summed E-state index contributed by atoms with van der Waals surface area (Å²) in [5, 5.41) is 91.4. The number of carboxylic acid groups (broad SMARTS) is 1. The molecule has 2 heterocycles. The molecule has 2 amide bonds. The van der Waals surface area contributed by atoms with Crippen LogP contribution in [0.15, 0.2) is 24.3 Å². The van der Waals surface area contributed by atoms with Gasteiger partial charge in [0.05, 0.1) is 23.7 Å². The van der Waals surface area contributed by atoms with Crippen LogP contribution in [0.25, 0.3) is 0 Å². The molecule has 0 aliphatic carbocycles. The van der Waals surface area contributed by atoms with Gasteiger partial charge in [-0.15, -0.1) is 0 Å². The van der Waals surface area contributed by atoms with Crippen molar-refractivity contribution in [3.8, 4) is 5.75 Å². The lowest BCUT2D eigenvalue weighted by Gasteiger charge is -2.49. The van der Waals surface area contributed by atoms with Crippen molar-refractivity contribution in [2.24, 2.45) is 0 Å². The second-order valence-electron chi connectivity index (χ2n) is 11.4. The summed E-state index contributed by atoms with van der Waals surface area (Å²) in [6.07, 6.45) is -17.5. The molecule has 21 nitrogen and oxygen atoms in total. The number of aliphatic hydroxyl groups is 6. The number of ether oxygens (including phenoxy) is 5. The number of aliphatic hydroxyl groups excluding tert-OH is 6. The molecule has 2 fully saturated rings. The highest BCUT2D eigenvalue weighted by Gasteiger charge is 2.54. The predicted molar refractivity (Wildman–Crippen MR) is 153 cm³/mol. The molecule has 0 bridgehead atoms. The second kappa shape index (κ2) is 16.6. The quantitative estimate of drug-likeness (QED) is 0.0509. The molecule has 0 saturated carbocycles. The summed E-state index contributed by atoms with van der Waals surface area (Å²) in [5.74, 6) is -7.73. The van der Waals surface area contributed by atoms with Gasteiger partial charge in [-0.05, 0) is 19.1 Å². The third kappa shape index (κ3) is 9.77. The lowest BCUT2D eigenvalue weighted by atomic mass is 9.88. The van der Waals surface area contributed by atoms with Gasteiger partial charge < -0.3 is 74.9 Å². The predicted octanol–water partition coefficient (Wildman–Crippen LogP) is -5.31. The van der Waals surface area contributed by atoms with Crippen LogP contribution in [0.4, 0.5) is 5.69 Å². The molecule has 2 aliphatic heterocycles. The van der Waals surface area contributed by atoms with E-state index in [-0.39, 0.29) is 11.4 Å². The number of rotatable bonds is 14. The van der Waals surface area contributed by atoms with E-state index in [1.54, 1.807) is 0 Å². The number of nitrogens with one attached hydrogen (secondary N) is 2. The van der Waals surface area contributed by atoms with E-state index in [0.717, 1.165) is 32.9 Å². The van der Waals surface area contributed by atoms with E-state index in [4.69, 9.17) is 18.9 Å². The molecule has 12 atom stereocenters. The molecule has 21 heteroatoms. The lowest BCUT2D eigenvalue weighted by Crippen LogP contribution is -2.70. The molecule has 1 aromatic carbocycles. The Labute approximate surface area is 277 Å². The minimum absolute atomic E-state index is 0.0299. The Bertz CT molecular complexity index is 1350. The number of aliphatic carboxylic acids is 1. The van der Waals surface area contributed by atoms with Crippen molar-refractivity contribution in [3.63, 3.8) is 0 Å². The zero-order valence-corrected chi connectivity index (χ0v) is 26.3. The Morgan fingerprint density at radius 1 is 1.02 bits per heavy atom. The Morgan fingerprint density at radius 3 is 2.14 bits per heavy atom. The minimum Gasteiger partial charge on any atom is -0.544 e. The number of benzene rings is 1. The van der Waals surface area contributed by atoms with Gasteiger partial charge in [0.25, 0.3) is 5.69 Å². The van der Waals surface area contributed by atoms with Crippen LogP contribution < -0.4 is 20.5 Å². The standard InChI is InChI=1S/C28H39N3O18/c1-11(32)25(40)45-9-17(36)21(37)24-19(29-12(2)33)16(35)8-28(49-24,27(41)42)46-10-18-22(38)23(39)20(30-13(3)34)26(48-18)47-15-6-4-14(5-7-15)31(43)44/h4-7,11,16-24,26,32,35-39H,8-10H2,1-3H3,(H,29,33)(H,30,34)(H,41,42)/p-1/t11-,16+,17+,18?,19+,20?,21+,22-,23?,24?,26+,28+/m0/s1. The molecular weight excluding hydrogens is 666 g/mol. The van der Waals surface area contributed by atoms with Crippen molar-refractivity contribution in [1.29, 1.82) is 0 Å². The monoisotopic (exact) mass is 704 g/mol. The topological polar surface area (TPSA) is 326 Å². The number of amides is 2. The molecule has 8 N–H and O–H groups in total. The molecule has 49 heavy (non-hydrogen) atoms. The van der Waals surface area contributed by atoms with Crippen molar-refractivity contribution in [1.82, 2.24) is 10.6 Å². The van der Waals surface area contributed by atoms with Crippen LogP contribution in [0.2, 0.25) is 0 Å². The summed E-state index contributed by atoms with van der Waals surface area (Å²) in [7, 11) is 0. The highest BCUT2D eigenvalue weighted by molar-refractivity contribution is 5.75. The van der Waals surface area contributed by atoms with E-state index in [9.17, 15) is 65.0 Å². The van der Waals surface area contributed by atoms with Gasteiger partial charge in [0, 0.05) is 32.4 Å². The molecule has 0 radical (unpaired) electrons. The maximum absolute atomic E-state index is 12.5. The molecule has 0 spiro atoms. The van der Waals surface area contributed by atoms with Crippen molar-refractivity contribution in [2.45, 2.75) is 100 Å². The van der Waals surface area contributed by atoms with Crippen molar-refractivity contribution < 1.29 is 83.5 Å². The van der Waals surface area contributed by atoms with E-state index in [1.807, 2.05) is 0 Å². The number of esters is 1. The maximum Gasteiger partial charge on any atom is 0.334 e. The number of non-ortho nitro benzene ring substituents is 1. The SMILES string of the molecule is CC(=O)NC1C(O)[C@@H](O)C(CO[C@]2(C(=O)[O-])C[C@@H](O)[C@@H](NC(C)=O)C([C@H](O)[C@H](O)COC(=O)[C@H](C)O)O2)O[C@H]1Oc1ccc([N+](=O)[O-])cc1. The summed E-state index contributed by atoms with van der Waals surface area (Å²) in [4.78, 5) is 58.1. The van der Waals surface area contributed by atoms with E-state index in [2.05, 4.69) is 15.4 Å². The first-order valence-corrected chi connectivity index (χ1v) is 14.8. The van der Waals surface area contributed by atoms with Crippen molar-refractivity contribution in [3.05, 3.63) is 34.4 Å². The third-order valence-electron chi connectivity index (χ3n) is 7.57. The van der Waals surface area contributed by atoms with Gasteiger partial charge >= 0.3 is 5.97 Å². The summed E-state index contributed by atoms with van der Waals surface area (Å²) in [6.45, 7) is 1.32. The molecule has 2 saturated heterocycles. The first kappa shape index (κ1) is 39.4. The van der Waals surface area contributed by atoms with Gasteiger partial charge in [-0.1, -0.05) is 0 Å². The van der Waals surface area contributed by atoms with Crippen LogP contribution in [-0.4, -0.2) is 146 Å². The number of nitrogens with zero attached hydrogens (tertiary/aromatic N) is 1. The van der Waals surface area contributed by atoms with E-state index < -0.39 is 121 Å². The maximum atomic E-state index is 12.5. The van der Waals surface area contributed by atoms with E-state index in [1.165, 1.54) is 12.1 Å². The number of nitro benzene ring substituents is 1. The number of hydrogen-bond acceptors (Lipinski definition) is 18. The Morgan fingerprint density at radius 2 is 1.61 bits per heavy atom. The Hall–Kier alpha value is -4.06. The smallest absolute Gasteiger partial charge is 0.334 e. The highest BCUT2D eigenvalue weighted by atomic mass is 16.7. The van der Waals surface area contributed by atoms with Crippen molar-refractivity contribution >= 4 is 29.4 Å². The summed E-state index contributed by atoms with van der Waals surface area (Å²) < 4.78 is 27.1. The van der Waals surface area contributed by atoms with Gasteiger partial charge in [0.1, 0.15) is 67.1 Å². The van der Waals surface area contributed by atoms with E-state index in [0.29, 0.717) is 0 Å². The molecule has 1 aromatic rings. The van der Waals surface area contributed by atoms with Crippen LogP contribution >= 0.6 is 0 Å². The van der Waals surface area contributed by atoms with Gasteiger partial charge in [-0.25, -0.2) is 4.79 Å². The van der Waals surface area contributed by atoms with Crippen LogP contribution in [0, 0.1) is 10.1 Å². The lowest BCUT2D eigenvalue weighted by molar-refractivity contribution is -0.386. The zero-order valence-electron chi connectivity index (χ0n) is 26.3. The molecule has 3 rings (SSSR count). The first-order chi connectivity index (χ1) is 22.9. The number of carboxylic acids is 1. The highest BCUT2D eigenvalue weighted by Crippen LogP contribution is 2.34. The summed E-state index contributed by atoms with van der Waals surface area (Å²) >= 11 is 0. The second-order valence-corrected chi connectivity index (χ2v) is 11.4. The number of carbonyl (C=O) groups is 4. The molecule has 274 valence electrons. The Balaban J connectivity index is 1.86. The van der Waals surface area contributed by atoms with Gasteiger partial charge in [-0.2, -0.15) is 0 Å². The van der Waals surface area contributed by atoms with Crippen LogP contribution in [-0.2, 0) is 38.1 Å². The zero-order chi connectivity index (χ0) is 36.8. The molecular formula is C28H38N3O18-. The number of hydrogen-bond donors (Lipinski definition) is 8. The summed E-state index contributed by atoms with van der Waals surface area (Å²) in [6, 6.07) is 1.58. The van der Waals surface area contributed by atoms with Crippen LogP contribution in [0.3, 0.4) is 0 Å². The average molecular weight is 705 g/mol. The normalized spacial score (nSPS) is 31.8. The molecule has 2 aliphatic rings. The number of carbonyl (C=O) groups excluding carboxylic acids is 4. The average Bonchev–Trinajstić information content (AvgIpc) is 3.02. The third-order valence-corrected chi connectivity index (χ3v) is 7.57. The summed E-state index contributed by atoms with van der Waals surface area (Å²) in [5.41, 5.74) is -0.281. The Kier molecular flexibility index (Phi) is 13.3. The van der Waals surface area contributed by atoms with Gasteiger partial charge in [-0.3, -0.25) is 19.7 Å². The van der Waals surface area contributed by atoms with Gasteiger partial charge in [0.15, 0.2) is 0 Å². The van der Waals surface area contributed by atoms with Crippen LogP contribution in [0.5, 0.6) is 5.75 Å². The van der Waals surface area contributed by atoms with E-state index >= 15 is 0 Å². The molecule has 0 aromatic heterocycles. The minimum atomic E-state index is -2.97. The van der Waals surface area contributed by atoms with Gasteiger partial charge in [0.2, 0.25) is 23.9 Å².